The van der Waals surface area contributed by atoms with E-state index in [1.165, 1.54) is 11.1 Å². The minimum absolute atomic E-state index is 0.160. The van der Waals surface area contributed by atoms with Crippen LogP contribution in [0.3, 0.4) is 0 Å². The van der Waals surface area contributed by atoms with E-state index in [2.05, 4.69) is 29.2 Å². The molecule has 5 heteroatoms. The van der Waals surface area contributed by atoms with Crippen molar-refractivity contribution in [2.45, 2.75) is 25.2 Å². The minimum Gasteiger partial charge on any atom is -0.493 e. The third kappa shape index (κ3) is 3.70. The lowest BCUT2D eigenvalue weighted by Gasteiger charge is -2.32. The Hall–Kier alpha value is -2.95. The number of hydrogen-bond acceptors (Lipinski definition) is 3. The molecule has 1 fully saturated rings. The van der Waals surface area contributed by atoms with Crippen LogP contribution in [0.15, 0.2) is 48.5 Å². The molecular formula is C23H26N2O3. The molecule has 0 spiro atoms. The molecule has 1 atom stereocenters. The van der Waals surface area contributed by atoms with Crippen molar-refractivity contribution in [2.24, 2.45) is 0 Å². The lowest BCUT2D eigenvalue weighted by atomic mass is 9.94. The van der Waals surface area contributed by atoms with Gasteiger partial charge in [-0.05, 0) is 48.1 Å². The lowest BCUT2D eigenvalue weighted by Crippen LogP contribution is -2.40. The number of H-pyrrole nitrogens is 1. The number of amides is 1. The van der Waals surface area contributed by atoms with Crippen LogP contribution < -0.4 is 9.47 Å². The molecule has 1 aliphatic rings. The van der Waals surface area contributed by atoms with Crippen LogP contribution in [0, 0.1) is 0 Å². The normalized spacial score (nSPS) is 16.9. The number of carbonyl (C=O) groups is 1. The van der Waals surface area contributed by atoms with E-state index < -0.39 is 0 Å². The van der Waals surface area contributed by atoms with E-state index in [1.807, 2.05) is 29.2 Å². The second-order valence-electron chi connectivity index (χ2n) is 7.36. The number of nitrogens with one attached hydrogen (secondary N) is 1. The van der Waals surface area contributed by atoms with Gasteiger partial charge in [-0.15, -0.1) is 0 Å². The molecule has 1 N–H and O–H groups in total. The van der Waals surface area contributed by atoms with Crippen molar-refractivity contribution >= 4 is 16.8 Å². The second kappa shape index (κ2) is 7.97. The number of rotatable bonds is 5. The summed E-state index contributed by atoms with van der Waals surface area (Å²) in [6.45, 7) is 1.59. The zero-order chi connectivity index (χ0) is 19.5. The number of piperidine rings is 1. The van der Waals surface area contributed by atoms with E-state index in [0.717, 1.165) is 37.0 Å². The molecule has 146 valence electrons. The van der Waals surface area contributed by atoms with E-state index in [4.69, 9.17) is 9.47 Å². The SMILES string of the molecule is COc1ccc(CC(=O)N2CCCC(c3cc4ccccc4[nH]3)C2)cc1OC. The van der Waals surface area contributed by atoms with Gasteiger partial charge in [0.2, 0.25) is 5.91 Å². The standard InChI is InChI=1S/C23H26N2O3/c1-27-21-10-9-16(12-22(21)28-2)13-23(26)25-11-5-7-18(15-25)20-14-17-6-3-4-8-19(17)24-20/h3-4,6,8-10,12,14,18,24H,5,7,11,13,15H2,1-2H3. The van der Waals surface area contributed by atoms with Gasteiger partial charge in [0.15, 0.2) is 11.5 Å². The van der Waals surface area contributed by atoms with Gasteiger partial charge >= 0.3 is 0 Å². The van der Waals surface area contributed by atoms with Gasteiger partial charge in [0.25, 0.3) is 0 Å². The molecule has 1 amide bonds. The number of benzene rings is 2. The molecule has 1 saturated heterocycles. The highest BCUT2D eigenvalue weighted by atomic mass is 16.5. The van der Waals surface area contributed by atoms with Crippen molar-refractivity contribution in [3.05, 3.63) is 59.8 Å². The first-order valence-corrected chi connectivity index (χ1v) is 9.74. The maximum atomic E-state index is 12.9. The summed E-state index contributed by atoms with van der Waals surface area (Å²) in [5.41, 5.74) is 3.33. The fraction of sp³-hybridized carbons (Fsp3) is 0.348. The molecule has 1 aromatic heterocycles. The van der Waals surface area contributed by atoms with Gasteiger partial charge in [0, 0.05) is 30.2 Å². The lowest BCUT2D eigenvalue weighted by molar-refractivity contribution is -0.131. The molecule has 4 rings (SSSR count). The van der Waals surface area contributed by atoms with Crippen molar-refractivity contribution in [3.8, 4) is 11.5 Å². The Kier molecular flexibility index (Phi) is 5.24. The highest BCUT2D eigenvalue weighted by Gasteiger charge is 2.26. The number of hydrogen-bond donors (Lipinski definition) is 1. The number of para-hydroxylation sites is 1. The van der Waals surface area contributed by atoms with Crippen LogP contribution in [-0.4, -0.2) is 43.1 Å². The summed E-state index contributed by atoms with van der Waals surface area (Å²) in [4.78, 5) is 18.4. The zero-order valence-electron chi connectivity index (χ0n) is 16.4. The molecule has 3 aromatic rings. The highest BCUT2D eigenvalue weighted by Crippen LogP contribution is 2.30. The summed E-state index contributed by atoms with van der Waals surface area (Å²) in [7, 11) is 3.22. The van der Waals surface area contributed by atoms with Crippen molar-refractivity contribution in [1.82, 2.24) is 9.88 Å². The van der Waals surface area contributed by atoms with Crippen LogP contribution in [0.1, 0.15) is 30.0 Å². The van der Waals surface area contributed by atoms with Crippen LogP contribution >= 0.6 is 0 Å². The van der Waals surface area contributed by atoms with E-state index in [-0.39, 0.29) is 5.91 Å². The summed E-state index contributed by atoms with van der Waals surface area (Å²) < 4.78 is 10.6. The Morgan fingerprint density at radius 1 is 1.11 bits per heavy atom. The number of carbonyl (C=O) groups excluding carboxylic acids is 1. The van der Waals surface area contributed by atoms with Crippen molar-refractivity contribution < 1.29 is 14.3 Å². The number of fused-ring (bicyclic) bond motifs is 1. The molecular weight excluding hydrogens is 352 g/mol. The van der Waals surface area contributed by atoms with Crippen LogP contribution in [0.4, 0.5) is 0 Å². The molecule has 1 unspecified atom stereocenters. The molecule has 0 saturated carbocycles. The van der Waals surface area contributed by atoms with Crippen molar-refractivity contribution in [2.75, 3.05) is 27.3 Å². The molecule has 1 aliphatic heterocycles. The first kappa shape index (κ1) is 18.4. The predicted octanol–water partition coefficient (Wildman–Crippen LogP) is 4.13. The summed E-state index contributed by atoms with van der Waals surface area (Å²) in [5, 5.41) is 1.23. The molecule has 5 nitrogen and oxygen atoms in total. The fourth-order valence-electron chi connectivity index (χ4n) is 4.05. The van der Waals surface area contributed by atoms with Gasteiger partial charge < -0.3 is 19.4 Å². The Balaban J connectivity index is 1.46. The second-order valence-corrected chi connectivity index (χ2v) is 7.36. The average molecular weight is 378 g/mol. The van der Waals surface area contributed by atoms with Gasteiger partial charge in [-0.3, -0.25) is 4.79 Å². The van der Waals surface area contributed by atoms with Crippen LogP contribution in [0.2, 0.25) is 0 Å². The molecule has 0 bridgehead atoms. The third-order valence-corrected chi connectivity index (χ3v) is 5.57. The number of aromatic nitrogens is 1. The molecule has 2 heterocycles. The Morgan fingerprint density at radius 2 is 1.93 bits per heavy atom. The number of likely N-dealkylation sites (tertiary alicyclic amines) is 1. The summed E-state index contributed by atoms with van der Waals surface area (Å²) in [6.07, 6.45) is 2.50. The number of nitrogens with zero attached hydrogens (tertiary/aromatic N) is 1. The van der Waals surface area contributed by atoms with Crippen molar-refractivity contribution in [1.29, 1.82) is 0 Å². The summed E-state index contributed by atoms with van der Waals surface area (Å²) >= 11 is 0. The first-order valence-electron chi connectivity index (χ1n) is 9.74. The molecule has 28 heavy (non-hydrogen) atoms. The van der Waals surface area contributed by atoms with E-state index in [9.17, 15) is 4.79 Å². The zero-order valence-corrected chi connectivity index (χ0v) is 16.4. The van der Waals surface area contributed by atoms with Crippen LogP contribution in [0.25, 0.3) is 10.9 Å². The minimum atomic E-state index is 0.160. The monoisotopic (exact) mass is 378 g/mol. The van der Waals surface area contributed by atoms with E-state index in [0.29, 0.717) is 23.8 Å². The predicted molar refractivity (Wildman–Crippen MR) is 110 cm³/mol. The third-order valence-electron chi connectivity index (χ3n) is 5.57. The molecule has 0 radical (unpaired) electrons. The first-order chi connectivity index (χ1) is 13.7. The van der Waals surface area contributed by atoms with Gasteiger partial charge in [-0.25, -0.2) is 0 Å². The van der Waals surface area contributed by atoms with Gasteiger partial charge in [0.1, 0.15) is 0 Å². The Morgan fingerprint density at radius 3 is 2.71 bits per heavy atom. The number of ether oxygens (including phenoxy) is 2. The van der Waals surface area contributed by atoms with E-state index in [1.54, 1.807) is 14.2 Å². The average Bonchev–Trinajstić information content (AvgIpc) is 3.18. The maximum absolute atomic E-state index is 12.9. The van der Waals surface area contributed by atoms with Gasteiger partial charge in [-0.1, -0.05) is 24.3 Å². The van der Waals surface area contributed by atoms with Crippen LogP contribution in [0.5, 0.6) is 11.5 Å². The number of aromatic amines is 1. The Labute approximate surface area is 165 Å². The molecule has 0 aliphatic carbocycles. The van der Waals surface area contributed by atoms with E-state index >= 15 is 0 Å². The van der Waals surface area contributed by atoms with Crippen molar-refractivity contribution in [3.63, 3.8) is 0 Å². The maximum Gasteiger partial charge on any atom is 0.227 e. The number of methoxy groups -OCH3 is 2. The molecule has 2 aromatic carbocycles. The quantitative estimate of drug-likeness (QED) is 0.726. The largest absolute Gasteiger partial charge is 0.493 e. The Bertz CT molecular complexity index is 946. The topological polar surface area (TPSA) is 54.6 Å². The highest BCUT2D eigenvalue weighted by molar-refractivity contribution is 5.81. The summed E-state index contributed by atoms with van der Waals surface area (Å²) in [6, 6.07) is 16.2. The van der Waals surface area contributed by atoms with Crippen LogP contribution in [-0.2, 0) is 11.2 Å². The van der Waals surface area contributed by atoms with Gasteiger partial charge in [0.05, 0.1) is 20.6 Å². The van der Waals surface area contributed by atoms with Gasteiger partial charge in [-0.2, -0.15) is 0 Å². The summed E-state index contributed by atoms with van der Waals surface area (Å²) in [5.74, 6) is 1.85. The fourth-order valence-corrected chi connectivity index (χ4v) is 4.05. The smallest absolute Gasteiger partial charge is 0.227 e.